The van der Waals surface area contributed by atoms with Crippen LogP contribution in [0.4, 0.5) is 0 Å². The third kappa shape index (κ3) is 9.92. The van der Waals surface area contributed by atoms with Crippen LogP contribution in [-0.4, -0.2) is 74.8 Å². The zero-order valence-corrected chi connectivity index (χ0v) is 40.1. The molecule has 71 heavy (non-hydrogen) atoms. The van der Waals surface area contributed by atoms with Crippen LogP contribution in [0.2, 0.25) is 0 Å². The number of hydrogen-bond donors (Lipinski definition) is 3. The Bertz CT molecular complexity index is 2830. The Hall–Kier alpha value is -8.01. The lowest BCUT2D eigenvalue weighted by atomic mass is 9.77. The van der Waals surface area contributed by atoms with Crippen molar-refractivity contribution in [2.24, 2.45) is 11.8 Å². The second-order valence-electron chi connectivity index (χ2n) is 17.6. The first-order chi connectivity index (χ1) is 34.2. The summed E-state index contributed by atoms with van der Waals surface area (Å²) in [6.07, 6.45) is -1.50. The molecule has 2 aliphatic heterocycles. The minimum atomic E-state index is -1.63. The lowest BCUT2D eigenvalue weighted by molar-refractivity contribution is -0.138. The molecule has 0 saturated heterocycles. The number of fused-ring (bicyclic) bond motifs is 6. The molecule has 3 N–H and O–H groups in total. The maximum Gasteiger partial charge on any atom is 0.340 e. The van der Waals surface area contributed by atoms with E-state index in [9.17, 15) is 29.1 Å². The van der Waals surface area contributed by atoms with Gasteiger partial charge < -0.3 is 48.9 Å². The average Bonchev–Trinajstić information content (AvgIpc) is 3.67. The van der Waals surface area contributed by atoms with Crippen LogP contribution in [0.1, 0.15) is 88.2 Å². The van der Waals surface area contributed by atoms with Crippen molar-refractivity contribution >= 4 is 29.7 Å². The molecule has 1 atom stereocenters. The van der Waals surface area contributed by atoms with Crippen molar-refractivity contribution in [3.05, 3.63) is 178 Å². The first-order valence-electron chi connectivity index (χ1n) is 23.2. The molecular formula is C56H54N2O13. The number of carbonyl (C=O) groups is 5. The van der Waals surface area contributed by atoms with Crippen molar-refractivity contribution in [3.63, 3.8) is 0 Å². The predicted molar refractivity (Wildman–Crippen MR) is 260 cm³/mol. The first kappa shape index (κ1) is 49.4. The van der Waals surface area contributed by atoms with E-state index in [2.05, 4.69) is 10.6 Å². The van der Waals surface area contributed by atoms with E-state index in [-0.39, 0.29) is 60.2 Å². The van der Waals surface area contributed by atoms with Gasteiger partial charge >= 0.3 is 17.9 Å². The molecule has 366 valence electrons. The Morgan fingerprint density at radius 3 is 1.65 bits per heavy atom. The summed E-state index contributed by atoms with van der Waals surface area (Å²) < 4.78 is 41.5. The van der Waals surface area contributed by atoms with Crippen molar-refractivity contribution in [1.82, 2.24) is 10.6 Å². The smallest absolute Gasteiger partial charge is 0.340 e. The molecule has 6 aromatic carbocycles. The van der Waals surface area contributed by atoms with E-state index < -0.39 is 58.9 Å². The van der Waals surface area contributed by atoms with E-state index in [1.807, 2.05) is 78.9 Å². The minimum Gasteiger partial charge on any atom is -0.497 e. The van der Waals surface area contributed by atoms with Crippen molar-refractivity contribution in [2.75, 3.05) is 33.9 Å². The number of methoxy groups -OCH3 is 2. The van der Waals surface area contributed by atoms with Gasteiger partial charge in [-0.3, -0.25) is 19.2 Å². The number of aliphatic hydroxyl groups excluding tert-OH is 1. The molecule has 15 nitrogen and oxygen atoms in total. The van der Waals surface area contributed by atoms with Crippen LogP contribution in [-0.2, 0) is 35.1 Å². The van der Waals surface area contributed by atoms with Gasteiger partial charge in [0, 0.05) is 53.9 Å². The van der Waals surface area contributed by atoms with Crippen LogP contribution in [0.5, 0.6) is 34.5 Å². The standard InChI is InChI=1S/C56H54N2O13/c1-33(2)52(62)68-41-21-24-44-48(31-41)70-49-32-42(69-53(63)34(3)4)22-25-45(49)56(44)46-30-35(12-23-43(46)54(64)71-56)50(60)57-27-28-58-51(61)47(59)26-29-67-55(36-10-8-7-9-11-36,37-13-17-39(65-5)18-14-37)38-15-19-40(66-6)20-16-38/h7-25,30-34,47,59H,26-29H2,1-6H3,(H,57,60)(H,58,61)/t47-/m1/s1. The van der Waals surface area contributed by atoms with Crippen molar-refractivity contribution in [1.29, 1.82) is 0 Å². The Morgan fingerprint density at radius 1 is 0.620 bits per heavy atom. The Morgan fingerprint density at radius 2 is 1.13 bits per heavy atom. The summed E-state index contributed by atoms with van der Waals surface area (Å²) in [7, 11) is 3.18. The number of ether oxygens (including phenoxy) is 7. The molecule has 15 heteroatoms. The van der Waals surface area contributed by atoms with Crippen LogP contribution in [0.25, 0.3) is 0 Å². The van der Waals surface area contributed by atoms with Crippen molar-refractivity contribution in [3.8, 4) is 34.5 Å². The molecule has 1 spiro atoms. The van der Waals surface area contributed by atoms with Gasteiger partial charge in [-0.15, -0.1) is 0 Å². The maximum atomic E-state index is 13.8. The number of rotatable bonds is 18. The predicted octanol–water partition coefficient (Wildman–Crippen LogP) is 8.00. The highest BCUT2D eigenvalue weighted by atomic mass is 16.6. The number of carbonyl (C=O) groups excluding carboxylic acids is 5. The molecule has 0 aliphatic carbocycles. The number of aliphatic hydroxyl groups is 1. The van der Waals surface area contributed by atoms with E-state index in [4.69, 9.17) is 33.2 Å². The second-order valence-corrected chi connectivity index (χ2v) is 17.6. The van der Waals surface area contributed by atoms with Crippen molar-refractivity contribution in [2.45, 2.75) is 51.4 Å². The molecule has 0 unspecified atom stereocenters. The van der Waals surface area contributed by atoms with Gasteiger partial charge in [0.25, 0.3) is 5.91 Å². The Labute approximate surface area is 411 Å². The highest BCUT2D eigenvalue weighted by Crippen LogP contribution is 2.57. The largest absolute Gasteiger partial charge is 0.497 e. The van der Waals surface area contributed by atoms with E-state index in [0.29, 0.717) is 28.2 Å². The third-order valence-electron chi connectivity index (χ3n) is 12.3. The molecule has 0 saturated carbocycles. The molecule has 8 rings (SSSR count). The normalized spacial score (nSPS) is 13.5. The minimum absolute atomic E-state index is 0.00718. The second kappa shape index (κ2) is 20.9. The average molecular weight is 963 g/mol. The molecular weight excluding hydrogens is 909 g/mol. The highest BCUT2D eigenvalue weighted by Gasteiger charge is 2.54. The number of nitrogens with one attached hydrogen (secondary N) is 2. The summed E-state index contributed by atoms with van der Waals surface area (Å²) in [5.41, 5.74) is 1.15. The topological polar surface area (TPSA) is 194 Å². The summed E-state index contributed by atoms with van der Waals surface area (Å²) in [5.74, 6) is -1.48. The van der Waals surface area contributed by atoms with Gasteiger partial charge in [0.2, 0.25) is 5.91 Å². The molecule has 0 fully saturated rings. The van der Waals surface area contributed by atoms with E-state index in [1.54, 1.807) is 72.2 Å². The highest BCUT2D eigenvalue weighted by molar-refractivity contribution is 6.00. The van der Waals surface area contributed by atoms with E-state index >= 15 is 0 Å². The van der Waals surface area contributed by atoms with Crippen molar-refractivity contribution < 1.29 is 62.2 Å². The zero-order chi connectivity index (χ0) is 50.5. The van der Waals surface area contributed by atoms with Gasteiger partial charge in [-0.2, -0.15) is 0 Å². The molecule has 2 aliphatic rings. The van der Waals surface area contributed by atoms with Gasteiger partial charge in [0.15, 0.2) is 5.60 Å². The molecule has 2 amide bonds. The quantitative estimate of drug-likeness (QED) is 0.0325. The van der Waals surface area contributed by atoms with Gasteiger partial charge in [0.1, 0.15) is 46.2 Å². The Kier molecular flexibility index (Phi) is 14.6. The number of hydrogen-bond acceptors (Lipinski definition) is 13. The Balaban J connectivity index is 0.967. The summed E-state index contributed by atoms with van der Waals surface area (Å²) in [4.78, 5) is 65.8. The molecule has 0 radical (unpaired) electrons. The fraction of sp³-hybridized carbons (Fsp3) is 0.268. The number of benzene rings is 6. The fourth-order valence-corrected chi connectivity index (χ4v) is 8.53. The monoisotopic (exact) mass is 962 g/mol. The molecule has 0 bridgehead atoms. The van der Waals surface area contributed by atoms with Crippen LogP contribution in [0.15, 0.2) is 133 Å². The van der Waals surface area contributed by atoms with Crippen LogP contribution >= 0.6 is 0 Å². The van der Waals surface area contributed by atoms with Crippen LogP contribution < -0.4 is 34.3 Å². The van der Waals surface area contributed by atoms with Crippen LogP contribution in [0.3, 0.4) is 0 Å². The van der Waals surface area contributed by atoms with Gasteiger partial charge in [0.05, 0.1) is 38.2 Å². The lowest BCUT2D eigenvalue weighted by Gasteiger charge is -2.36. The summed E-state index contributed by atoms with van der Waals surface area (Å²) in [6.45, 7) is 6.77. The number of esters is 3. The molecule has 2 heterocycles. The zero-order valence-electron chi connectivity index (χ0n) is 40.1. The first-order valence-corrected chi connectivity index (χ1v) is 23.2. The summed E-state index contributed by atoms with van der Waals surface area (Å²) >= 11 is 0. The number of amides is 2. The summed E-state index contributed by atoms with van der Waals surface area (Å²) in [5, 5.41) is 16.6. The molecule has 6 aromatic rings. The van der Waals surface area contributed by atoms with Gasteiger partial charge in [-0.05, 0) is 83.4 Å². The van der Waals surface area contributed by atoms with E-state index in [0.717, 1.165) is 16.7 Å². The van der Waals surface area contributed by atoms with Gasteiger partial charge in [-0.1, -0.05) is 82.3 Å². The fourth-order valence-electron chi connectivity index (χ4n) is 8.53. The van der Waals surface area contributed by atoms with Crippen LogP contribution in [0, 0.1) is 11.8 Å². The van der Waals surface area contributed by atoms with Gasteiger partial charge in [-0.25, -0.2) is 4.79 Å². The van der Waals surface area contributed by atoms with E-state index in [1.165, 1.54) is 24.3 Å². The maximum absolute atomic E-state index is 13.8. The lowest BCUT2D eigenvalue weighted by Crippen LogP contribution is -2.41. The summed E-state index contributed by atoms with van der Waals surface area (Å²) in [6, 6.07) is 38.7. The third-order valence-corrected chi connectivity index (χ3v) is 12.3. The molecule has 0 aromatic heterocycles. The SMILES string of the molecule is COc1ccc(C(OCC[C@@H](O)C(=O)NCCNC(=O)c2ccc3c(c2)C2(OC3=O)c3ccc(OC(=O)C(C)C)cc3Oc3cc(OC(=O)C(C)C)ccc32)(c2ccccc2)c2ccc(OC)cc2)cc1.